The van der Waals surface area contributed by atoms with Crippen molar-refractivity contribution in [3.05, 3.63) is 35.9 Å². The van der Waals surface area contributed by atoms with Crippen LogP contribution in [0, 0.1) is 0 Å². The van der Waals surface area contributed by atoms with E-state index in [1.54, 1.807) is 0 Å². The van der Waals surface area contributed by atoms with Gasteiger partial charge in [0.25, 0.3) is 0 Å². The maximum Gasteiger partial charge on any atom is 0.187 e. The van der Waals surface area contributed by atoms with Crippen LogP contribution in [0.15, 0.2) is 35.4 Å². The molecule has 0 heterocycles. The lowest BCUT2D eigenvalue weighted by molar-refractivity contribution is 0.719. The van der Waals surface area contributed by atoms with Crippen molar-refractivity contribution in [2.45, 2.75) is 32.7 Å². The lowest BCUT2D eigenvalue weighted by atomic mass is 10.1. The molecule has 0 radical (unpaired) electrons. The zero-order valence-corrected chi connectivity index (χ0v) is 11.1. The number of hydrogen-bond donors (Lipinski definition) is 2. The highest BCUT2D eigenvalue weighted by Gasteiger charge is 1.94. The summed E-state index contributed by atoms with van der Waals surface area (Å²) < 4.78 is 0. The van der Waals surface area contributed by atoms with E-state index in [0.29, 0.717) is 11.2 Å². The Morgan fingerprint density at radius 2 is 2.06 bits per heavy atom. The van der Waals surface area contributed by atoms with E-state index >= 15 is 0 Å². The summed E-state index contributed by atoms with van der Waals surface area (Å²) in [5.74, 6) is 0. The molecule has 0 saturated heterocycles. The maximum absolute atomic E-state index is 5.04. The smallest absolute Gasteiger partial charge is 0.187 e. The van der Waals surface area contributed by atoms with Crippen molar-refractivity contribution in [3.8, 4) is 0 Å². The molecule has 2 N–H and O–H groups in total. The summed E-state index contributed by atoms with van der Waals surface area (Å²) in [4.78, 5) is 0. The number of hydrazone groups is 1. The molecule has 1 aromatic rings. The lowest BCUT2D eigenvalue weighted by Crippen LogP contribution is -2.36. The van der Waals surface area contributed by atoms with Crippen LogP contribution in [-0.4, -0.2) is 17.4 Å². The first-order chi connectivity index (χ1) is 8.18. The number of nitrogens with one attached hydrogen (secondary N) is 2. The van der Waals surface area contributed by atoms with Gasteiger partial charge in [0, 0.05) is 12.3 Å². The fourth-order valence-electron chi connectivity index (χ4n) is 1.34. The Morgan fingerprint density at radius 3 is 2.71 bits per heavy atom. The second kappa shape index (κ2) is 7.79. The van der Waals surface area contributed by atoms with Gasteiger partial charge >= 0.3 is 0 Å². The molecular weight excluding hydrogens is 230 g/mol. The normalized spacial score (nSPS) is 10.8. The van der Waals surface area contributed by atoms with E-state index in [1.165, 1.54) is 5.56 Å². The van der Waals surface area contributed by atoms with Crippen molar-refractivity contribution < 1.29 is 0 Å². The van der Waals surface area contributed by atoms with Crippen molar-refractivity contribution in [3.63, 3.8) is 0 Å². The van der Waals surface area contributed by atoms with Crippen LogP contribution in [0.3, 0.4) is 0 Å². The van der Waals surface area contributed by atoms with E-state index < -0.39 is 0 Å². The average Bonchev–Trinajstić information content (AvgIpc) is 2.29. The van der Waals surface area contributed by atoms with Gasteiger partial charge in [-0.15, -0.1) is 0 Å². The molecule has 4 heteroatoms. The molecule has 0 unspecified atom stereocenters. The van der Waals surface area contributed by atoms with E-state index in [9.17, 15) is 0 Å². The molecule has 0 spiro atoms. The predicted octanol–water partition coefficient (Wildman–Crippen LogP) is 2.48. The Balaban J connectivity index is 2.16. The molecule has 0 saturated carbocycles. The molecule has 0 bridgehead atoms. The van der Waals surface area contributed by atoms with E-state index in [2.05, 4.69) is 28.0 Å². The molecule has 0 fully saturated rings. The van der Waals surface area contributed by atoms with Crippen molar-refractivity contribution in [2.24, 2.45) is 5.10 Å². The molecule has 3 nitrogen and oxygen atoms in total. The second-order valence-corrected chi connectivity index (χ2v) is 4.48. The van der Waals surface area contributed by atoms with Gasteiger partial charge in [0.15, 0.2) is 5.11 Å². The van der Waals surface area contributed by atoms with Crippen molar-refractivity contribution in [1.29, 1.82) is 0 Å². The van der Waals surface area contributed by atoms with Gasteiger partial charge in [-0.2, -0.15) is 5.10 Å². The van der Waals surface area contributed by atoms with E-state index in [0.717, 1.165) is 12.8 Å². The quantitative estimate of drug-likeness (QED) is 0.478. The topological polar surface area (TPSA) is 36.4 Å². The third-order valence-corrected chi connectivity index (χ3v) is 2.29. The molecule has 0 amide bonds. The van der Waals surface area contributed by atoms with E-state index in [-0.39, 0.29) is 0 Å². The molecule has 0 aliphatic carbocycles. The van der Waals surface area contributed by atoms with Crippen LogP contribution in [-0.2, 0) is 6.42 Å². The van der Waals surface area contributed by atoms with E-state index in [1.807, 2.05) is 38.3 Å². The minimum atomic E-state index is 0.328. The lowest BCUT2D eigenvalue weighted by Gasteiger charge is -2.09. The molecule has 1 aromatic carbocycles. The first-order valence-corrected chi connectivity index (χ1v) is 6.21. The summed E-state index contributed by atoms with van der Waals surface area (Å²) in [6.07, 6.45) is 3.75. The Morgan fingerprint density at radius 1 is 1.35 bits per heavy atom. The molecular formula is C13H19N3S. The number of aryl methyl sites for hydroxylation is 1. The third-order valence-electron chi connectivity index (χ3n) is 2.08. The van der Waals surface area contributed by atoms with Gasteiger partial charge in [-0.25, -0.2) is 0 Å². The minimum Gasteiger partial charge on any atom is -0.359 e. The molecule has 92 valence electrons. The van der Waals surface area contributed by atoms with E-state index in [4.69, 9.17) is 12.2 Å². The second-order valence-electron chi connectivity index (χ2n) is 4.08. The van der Waals surface area contributed by atoms with Crippen molar-refractivity contribution in [2.75, 3.05) is 0 Å². The number of nitrogens with zero attached hydrogens (tertiary/aromatic N) is 1. The van der Waals surface area contributed by atoms with Gasteiger partial charge in [-0.05, 0) is 44.5 Å². The van der Waals surface area contributed by atoms with Crippen molar-refractivity contribution >= 4 is 23.5 Å². The Hall–Kier alpha value is -1.42. The van der Waals surface area contributed by atoms with Crippen LogP contribution in [0.2, 0.25) is 0 Å². The molecule has 0 aliphatic heterocycles. The third kappa shape index (κ3) is 6.68. The molecule has 0 aliphatic rings. The summed E-state index contributed by atoms with van der Waals surface area (Å²) in [6.45, 7) is 4.07. The molecule has 17 heavy (non-hydrogen) atoms. The van der Waals surface area contributed by atoms with Gasteiger partial charge in [-0.3, -0.25) is 5.43 Å². The fraction of sp³-hybridized carbons (Fsp3) is 0.385. The molecule has 0 aromatic heterocycles. The molecule has 0 atom stereocenters. The number of thiocarbonyl (C=S) groups is 1. The van der Waals surface area contributed by atoms with Crippen LogP contribution in [0.1, 0.15) is 25.8 Å². The fourth-order valence-corrected chi connectivity index (χ4v) is 1.63. The summed E-state index contributed by atoms with van der Waals surface area (Å²) in [5, 5.41) is 7.68. The largest absolute Gasteiger partial charge is 0.359 e. The summed E-state index contributed by atoms with van der Waals surface area (Å²) in [5.41, 5.74) is 4.11. The van der Waals surface area contributed by atoms with Crippen LogP contribution in [0.4, 0.5) is 0 Å². The summed E-state index contributed by atoms with van der Waals surface area (Å²) in [7, 11) is 0. The zero-order valence-electron chi connectivity index (χ0n) is 10.3. The first kappa shape index (κ1) is 13.6. The van der Waals surface area contributed by atoms with Gasteiger partial charge in [0.2, 0.25) is 0 Å². The SMILES string of the molecule is CC(C)NC(=S)N/N=C\CCc1ccccc1. The Labute approximate surface area is 108 Å². The van der Waals surface area contributed by atoms with Gasteiger partial charge < -0.3 is 5.32 Å². The summed E-state index contributed by atoms with van der Waals surface area (Å²) in [6, 6.07) is 10.7. The summed E-state index contributed by atoms with van der Waals surface area (Å²) >= 11 is 5.04. The Kier molecular flexibility index (Phi) is 6.25. The van der Waals surface area contributed by atoms with Gasteiger partial charge in [0.05, 0.1) is 0 Å². The standard InChI is InChI=1S/C13H19N3S/c1-11(2)15-13(17)16-14-10-6-9-12-7-4-3-5-8-12/h3-5,7-8,10-11H,6,9H2,1-2H3,(H2,15,16,17)/b14-10-. The highest BCUT2D eigenvalue weighted by atomic mass is 32.1. The van der Waals surface area contributed by atoms with Gasteiger partial charge in [-0.1, -0.05) is 30.3 Å². The molecule has 1 rings (SSSR count). The predicted molar refractivity (Wildman–Crippen MR) is 77.3 cm³/mol. The number of benzene rings is 1. The highest BCUT2D eigenvalue weighted by molar-refractivity contribution is 7.80. The first-order valence-electron chi connectivity index (χ1n) is 5.80. The van der Waals surface area contributed by atoms with Gasteiger partial charge in [0.1, 0.15) is 0 Å². The zero-order chi connectivity index (χ0) is 12.5. The number of rotatable bonds is 5. The van der Waals surface area contributed by atoms with Crippen LogP contribution >= 0.6 is 12.2 Å². The average molecular weight is 249 g/mol. The van der Waals surface area contributed by atoms with Crippen LogP contribution in [0.25, 0.3) is 0 Å². The number of hydrogen-bond acceptors (Lipinski definition) is 2. The maximum atomic E-state index is 5.04. The Bertz CT molecular complexity index is 360. The minimum absolute atomic E-state index is 0.328. The highest BCUT2D eigenvalue weighted by Crippen LogP contribution is 2.00. The van der Waals surface area contributed by atoms with Crippen LogP contribution < -0.4 is 10.7 Å². The van der Waals surface area contributed by atoms with Crippen molar-refractivity contribution in [1.82, 2.24) is 10.7 Å². The monoisotopic (exact) mass is 249 g/mol. The van der Waals surface area contributed by atoms with Crippen LogP contribution in [0.5, 0.6) is 0 Å².